The molecule has 138 valence electrons. The molecule has 2 aromatic carbocycles. The normalized spacial score (nSPS) is 17.3. The van der Waals surface area contributed by atoms with E-state index < -0.39 is 0 Å². The zero-order valence-corrected chi connectivity index (χ0v) is 16.1. The van der Waals surface area contributed by atoms with E-state index in [2.05, 4.69) is 60.0 Å². The molecule has 0 aliphatic carbocycles. The Morgan fingerprint density at radius 2 is 1.65 bits per heavy atom. The molecule has 0 saturated carbocycles. The summed E-state index contributed by atoms with van der Waals surface area (Å²) < 4.78 is 5.55. The summed E-state index contributed by atoms with van der Waals surface area (Å²) in [5.74, 6) is 0. The molecule has 0 aromatic heterocycles. The van der Waals surface area contributed by atoms with Gasteiger partial charge >= 0.3 is 0 Å². The highest BCUT2D eigenvalue weighted by Gasteiger charge is 2.31. The summed E-state index contributed by atoms with van der Waals surface area (Å²) in [7, 11) is 0. The number of morpholine rings is 1. The molecule has 1 aliphatic rings. The number of hydrogen-bond acceptors (Lipinski definition) is 2. The SMILES string of the molecule is C[C@H](NC(=S)NCc1ccccc1)[C@@H](c1ccccc1)[NH+]1CCOCC1. The largest absolute Gasteiger partial charge is 0.370 e. The first-order valence-corrected chi connectivity index (χ1v) is 9.70. The van der Waals surface area contributed by atoms with Crippen molar-refractivity contribution in [1.82, 2.24) is 10.6 Å². The van der Waals surface area contributed by atoms with Gasteiger partial charge in [0.05, 0.1) is 19.3 Å². The molecule has 2 aromatic rings. The number of thiocarbonyl (C=S) groups is 1. The third-order valence-electron chi connectivity index (χ3n) is 4.89. The molecule has 2 atom stereocenters. The monoisotopic (exact) mass is 370 g/mol. The van der Waals surface area contributed by atoms with Gasteiger partial charge in [0.1, 0.15) is 19.1 Å². The Hall–Kier alpha value is -1.95. The molecule has 5 heteroatoms. The molecule has 1 aliphatic heterocycles. The number of quaternary nitrogens is 1. The van der Waals surface area contributed by atoms with E-state index in [9.17, 15) is 0 Å². The first-order valence-electron chi connectivity index (χ1n) is 9.29. The molecule has 3 rings (SSSR count). The van der Waals surface area contributed by atoms with E-state index in [4.69, 9.17) is 17.0 Å². The second-order valence-corrected chi connectivity index (χ2v) is 7.17. The summed E-state index contributed by atoms with van der Waals surface area (Å²) in [6.45, 7) is 6.65. The van der Waals surface area contributed by atoms with Crippen LogP contribution in [0.1, 0.15) is 24.1 Å². The van der Waals surface area contributed by atoms with E-state index in [1.165, 1.54) is 11.1 Å². The Morgan fingerprint density at radius 3 is 2.31 bits per heavy atom. The maximum Gasteiger partial charge on any atom is 0.167 e. The van der Waals surface area contributed by atoms with Crippen molar-refractivity contribution in [3.8, 4) is 0 Å². The lowest BCUT2D eigenvalue weighted by molar-refractivity contribution is -0.940. The van der Waals surface area contributed by atoms with Crippen LogP contribution in [0, 0.1) is 0 Å². The van der Waals surface area contributed by atoms with Gasteiger partial charge in [0.25, 0.3) is 0 Å². The number of benzene rings is 2. The molecular weight excluding hydrogens is 342 g/mol. The van der Waals surface area contributed by atoms with E-state index in [0.717, 1.165) is 32.8 Å². The van der Waals surface area contributed by atoms with Crippen LogP contribution in [0.3, 0.4) is 0 Å². The molecule has 0 unspecified atom stereocenters. The van der Waals surface area contributed by atoms with Crippen molar-refractivity contribution >= 4 is 17.3 Å². The standard InChI is InChI=1S/C21H27N3OS/c1-17(23-21(26)22-16-18-8-4-2-5-9-18)20(19-10-6-3-7-11-19)24-12-14-25-15-13-24/h2-11,17,20H,12-16H2,1H3,(H2,22,23,26)/p+1/t17-,20-/m0/s1. The van der Waals surface area contributed by atoms with Crippen molar-refractivity contribution in [3.63, 3.8) is 0 Å². The van der Waals surface area contributed by atoms with Crippen LogP contribution in [0.4, 0.5) is 0 Å². The van der Waals surface area contributed by atoms with Gasteiger partial charge in [-0.1, -0.05) is 60.7 Å². The van der Waals surface area contributed by atoms with Gasteiger partial charge < -0.3 is 20.3 Å². The van der Waals surface area contributed by atoms with Crippen LogP contribution < -0.4 is 15.5 Å². The van der Waals surface area contributed by atoms with Crippen LogP contribution in [0.15, 0.2) is 60.7 Å². The third kappa shape index (κ3) is 5.27. The Kier molecular flexibility index (Phi) is 7.00. The Balaban J connectivity index is 1.63. The van der Waals surface area contributed by atoms with Gasteiger partial charge in [-0.05, 0) is 24.7 Å². The van der Waals surface area contributed by atoms with Gasteiger partial charge in [0.2, 0.25) is 0 Å². The predicted octanol–water partition coefficient (Wildman–Crippen LogP) is 1.70. The molecule has 0 spiro atoms. The second kappa shape index (κ2) is 9.67. The maximum absolute atomic E-state index is 5.55. The number of nitrogens with one attached hydrogen (secondary N) is 3. The fourth-order valence-electron chi connectivity index (χ4n) is 3.60. The van der Waals surface area contributed by atoms with Gasteiger partial charge in [-0.25, -0.2) is 0 Å². The predicted molar refractivity (Wildman–Crippen MR) is 109 cm³/mol. The Morgan fingerprint density at radius 1 is 1.04 bits per heavy atom. The summed E-state index contributed by atoms with van der Waals surface area (Å²) in [6, 6.07) is 21.6. The van der Waals surface area contributed by atoms with Gasteiger partial charge in [0, 0.05) is 12.1 Å². The van der Waals surface area contributed by atoms with Crippen molar-refractivity contribution in [2.75, 3.05) is 26.3 Å². The highest BCUT2D eigenvalue weighted by Crippen LogP contribution is 2.14. The molecule has 1 saturated heterocycles. The Labute approximate surface area is 161 Å². The smallest absolute Gasteiger partial charge is 0.167 e. The topological polar surface area (TPSA) is 37.7 Å². The lowest BCUT2D eigenvalue weighted by atomic mass is 9.98. The van der Waals surface area contributed by atoms with Crippen molar-refractivity contribution in [3.05, 3.63) is 71.8 Å². The lowest BCUT2D eigenvalue weighted by Crippen LogP contribution is -3.15. The average Bonchev–Trinajstić information content (AvgIpc) is 2.69. The van der Waals surface area contributed by atoms with Gasteiger partial charge in [-0.3, -0.25) is 0 Å². The molecule has 0 amide bonds. The first-order chi connectivity index (χ1) is 12.7. The summed E-state index contributed by atoms with van der Waals surface area (Å²) >= 11 is 5.54. The Bertz CT molecular complexity index is 674. The molecule has 26 heavy (non-hydrogen) atoms. The summed E-state index contributed by atoms with van der Waals surface area (Å²) in [4.78, 5) is 1.55. The van der Waals surface area contributed by atoms with Crippen LogP contribution >= 0.6 is 12.2 Å². The molecule has 1 heterocycles. The fraction of sp³-hybridized carbons (Fsp3) is 0.381. The minimum absolute atomic E-state index is 0.223. The minimum atomic E-state index is 0.223. The number of rotatable bonds is 6. The quantitative estimate of drug-likeness (QED) is 0.677. The third-order valence-corrected chi connectivity index (χ3v) is 5.15. The molecule has 4 nitrogen and oxygen atoms in total. The van der Waals surface area contributed by atoms with Crippen LogP contribution in [-0.2, 0) is 11.3 Å². The highest BCUT2D eigenvalue weighted by molar-refractivity contribution is 7.80. The molecule has 1 fully saturated rings. The summed E-state index contributed by atoms with van der Waals surface area (Å²) in [5.41, 5.74) is 2.57. The maximum atomic E-state index is 5.55. The van der Waals surface area contributed by atoms with Crippen LogP contribution in [-0.4, -0.2) is 37.5 Å². The van der Waals surface area contributed by atoms with Crippen LogP contribution in [0.5, 0.6) is 0 Å². The van der Waals surface area contributed by atoms with Crippen LogP contribution in [0.2, 0.25) is 0 Å². The number of ether oxygens (including phenoxy) is 1. The first kappa shape index (κ1) is 18.8. The summed E-state index contributed by atoms with van der Waals surface area (Å²) in [5, 5.41) is 7.53. The highest BCUT2D eigenvalue weighted by atomic mass is 32.1. The van der Waals surface area contributed by atoms with E-state index >= 15 is 0 Å². The van der Waals surface area contributed by atoms with E-state index in [1.54, 1.807) is 4.90 Å². The molecular formula is C21H28N3OS+. The minimum Gasteiger partial charge on any atom is -0.370 e. The van der Waals surface area contributed by atoms with E-state index in [1.807, 2.05) is 18.2 Å². The summed E-state index contributed by atoms with van der Waals surface area (Å²) in [6.07, 6.45) is 0. The average molecular weight is 371 g/mol. The van der Waals surface area contributed by atoms with Crippen LogP contribution in [0.25, 0.3) is 0 Å². The molecule has 3 N–H and O–H groups in total. The van der Waals surface area contributed by atoms with E-state index in [0.29, 0.717) is 11.2 Å². The van der Waals surface area contributed by atoms with Crippen molar-refractivity contribution < 1.29 is 9.64 Å². The lowest BCUT2D eigenvalue weighted by Gasteiger charge is -2.35. The molecule has 0 bridgehead atoms. The molecule has 0 radical (unpaired) electrons. The fourth-order valence-corrected chi connectivity index (χ4v) is 3.86. The van der Waals surface area contributed by atoms with Gasteiger partial charge in [-0.15, -0.1) is 0 Å². The van der Waals surface area contributed by atoms with Crippen molar-refractivity contribution in [1.29, 1.82) is 0 Å². The number of hydrogen-bond donors (Lipinski definition) is 3. The van der Waals surface area contributed by atoms with Gasteiger partial charge in [0.15, 0.2) is 5.11 Å². The zero-order chi connectivity index (χ0) is 18.2. The van der Waals surface area contributed by atoms with Crippen molar-refractivity contribution in [2.24, 2.45) is 0 Å². The zero-order valence-electron chi connectivity index (χ0n) is 15.3. The van der Waals surface area contributed by atoms with Gasteiger partial charge in [-0.2, -0.15) is 0 Å². The van der Waals surface area contributed by atoms with Crippen molar-refractivity contribution in [2.45, 2.75) is 25.6 Å². The van der Waals surface area contributed by atoms with E-state index in [-0.39, 0.29) is 6.04 Å². The second-order valence-electron chi connectivity index (χ2n) is 6.76.